The molecule has 1 fully saturated rings. The van der Waals surface area contributed by atoms with Crippen LogP contribution >= 0.6 is 0 Å². The Bertz CT molecular complexity index is 2400. The molecule has 1 saturated carbocycles. The minimum atomic E-state index is -4.62. The van der Waals surface area contributed by atoms with E-state index in [4.69, 9.17) is 0 Å². The van der Waals surface area contributed by atoms with Crippen molar-refractivity contribution >= 4 is 48.7 Å². The monoisotopic (exact) mass is 783 g/mol. The van der Waals surface area contributed by atoms with Crippen LogP contribution in [0.25, 0.3) is 0 Å². The van der Waals surface area contributed by atoms with Gasteiger partial charge in [-0.25, -0.2) is 16.8 Å². The Balaban J connectivity index is 0.00000514. The molecule has 4 aromatic carbocycles. The number of allylic oxidation sites excluding steroid dienone is 8. The number of rotatable bonds is 6. The largest absolute Gasteiger partial charge is 1.00 e. The first-order valence-electron chi connectivity index (χ1n) is 17.7. The van der Waals surface area contributed by atoms with E-state index in [1.807, 2.05) is 78.2 Å². The summed E-state index contributed by atoms with van der Waals surface area (Å²) in [6.45, 7) is 8.13. The molecular formula is C43H42N3NaO6S2. The first-order valence-corrected chi connectivity index (χ1v) is 20.5. The Morgan fingerprint density at radius 2 is 0.945 bits per heavy atom. The van der Waals surface area contributed by atoms with Crippen LogP contribution in [0.5, 0.6) is 0 Å². The summed E-state index contributed by atoms with van der Waals surface area (Å²) >= 11 is 0. The Labute approximate surface area is 346 Å². The van der Waals surface area contributed by atoms with Gasteiger partial charge in [-0.15, -0.1) is 0 Å². The molecule has 0 saturated heterocycles. The van der Waals surface area contributed by atoms with Crippen LogP contribution in [0.15, 0.2) is 154 Å². The Kier molecular flexibility index (Phi) is 10.9. The van der Waals surface area contributed by atoms with Crippen LogP contribution in [-0.2, 0) is 31.1 Å². The van der Waals surface area contributed by atoms with E-state index in [0.717, 1.165) is 75.0 Å². The van der Waals surface area contributed by atoms with Crippen molar-refractivity contribution in [3.63, 3.8) is 0 Å². The van der Waals surface area contributed by atoms with E-state index in [1.54, 1.807) is 12.1 Å². The minimum absolute atomic E-state index is 0. The van der Waals surface area contributed by atoms with Crippen LogP contribution in [0.3, 0.4) is 0 Å². The van der Waals surface area contributed by atoms with Gasteiger partial charge in [0.15, 0.2) is 0 Å². The molecule has 2 aliphatic heterocycles. The van der Waals surface area contributed by atoms with Gasteiger partial charge in [0.05, 0.1) is 9.79 Å². The molecule has 55 heavy (non-hydrogen) atoms. The quantitative estimate of drug-likeness (QED) is 0.152. The smallest absolute Gasteiger partial charge is 0.744 e. The maximum atomic E-state index is 11.9. The van der Waals surface area contributed by atoms with Crippen molar-refractivity contribution < 1.29 is 55.5 Å². The van der Waals surface area contributed by atoms with Crippen LogP contribution in [0.4, 0.5) is 22.7 Å². The Morgan fingerprint density at radius 1 is 0.582 bits per heavy atom. The van der Waals surface area contributed by atoms with Crippen LogP contribution < -0.4 is 43.9 Å². The van der Waals surface area contributed by atoms with Gasteiger partial charge >= 0.3 is 29.6 Å². The number of hydrogen-bond acceptors (Lipinski definition) is 8. The van der Waals surface area contributed by atoms with E-state index >= 15 is 0 Å². The molecule has 1 aliphatic carbocycles. The SMILES string of the molecule is CN1/C(=C/C=C2\CC/C(=C\C=C3\N(C)c4ccc(S(=O)(=O)[O-])cc4C3(C)C)C2=[N+](c2ccccc2)c2ccccc2)C(C)(C)c2cc(S(=O)(=O)[O-])ccc21.[Na+]. The second kappa shape index (κ2) is 14.8. The van der Waals surface area contributed by atoms with Gasteiger partial charge in [0.25, 0.3) is 0 Å². The van der Waals surface area contributed by atoms with Gasteiger partial charge in [-0.05, 0) is 72.5 Å². The van der Waals surface area contributed by atoms with E-state index in [-0.39, 0.29) is 39.3 Å². The third-order valence-electron chi connectivity index (χ3n) is 11.0. The summed E-state index contributed by atoms with van der Waals surface area (Å²) < 4.78 is 73.8. The summed E-state index contributed by atoms with van der Waals surface area (Å²) in [5.41, 5.74) is 9.23. The maximum absolute atomic E-state index is 11.9. The van der Waals surface area contributed by atoms with Crippen LogP contribution in [-0.4, -0.2) is 45.7 Å². The topological polar surface area (TPSA) is 124 Å². The van der Waals surface area contributed by atoms with Gasteiger partial charge in [-0.3, -0.25) is 0 Å². The number of nitrogens with zero attached hydrogens (tertiary/aromatic N) is 3. The molecule has 278 valence electrons. The second-order valence-corrected chi connectivity index (χ2v) is 17.7. The normalized spacial score (nSPS) is 20.3. The average Bonchev–Trinajstić information content (AvgIpc) is 3.67. The van der Waals surface area contributed by atoms with Crippen molar-refractivity contribution in [2.24, 2.45) is 0 Å². The third-order valence-corrected chi connectivity index (χ3v) is 12.7. The van der Waals surface area contributed by atoms with E-state index in [2.05, 4.69) is 62.9 Å². The number of benzene rings is 4. The average molecular weight is 784 g/mol. The Hall–Kier alpha value is -4.07. The minimum Gasteiger partial charge on any atom is -0.744 e. The molecule has 9 nitrogen and oxygen atoms in total. The molecule has 4 aromatic rings. The van der Waals surface area contributed by atoms with Gasteiger partial charge in [0, 0.05) is 83.1 Å². The van der Waals surface area contributed by atoms with Gasteiger partial charge in [-0.2, -0.15) is 4.58 Å². The van der Waals surface area contributed by atoms with Crippen molar-refractivity contribution in [2.75, 3.05) is 23.9 Å². The predicted molar refractivity (Wildman–Crippen MR) is 213 cm³/mol. The standard InChI is InChI=1S/C43H43N3O6S2.Na/c1-42(2)35-27-33(53(47,48)49)21-23-37(35)44(5)39(42)25-19-29-17-18-30(41(29)46(31-13-9-7-10-14-31)32-15-11-8-12-16-32)20-26-40-43(3,4)36-28-34(54(50,51)52)22-24-38(36)45(40)6;/h7-16,19-28H,17-18H2,1-6H3,(H-,47,48,49,50,51,52);/q;+1/p-1. The summed E-state index contributed by atoms with van der Waals surface area (Å²) in [5.74, 6) is 0. The fourth-order valence-corrected chi connectivity index (χ4v) is 9.18. The summed E-state index contributed by atoms with van der Waals surface area (Å²) in [6.07, 6.45) is 10.0. The van der Waals surface area contributed by atoms with Crippen LogP contribution in [0, 0.1) is 0 Å². The van der Waals surface area contributed by atoms with Crippen LogP contribution in [0.1, 0.15) is 51.7 Å². The molecular weight excluding hydrogens is 742 g/mol. The van der Waals surface area contributed by atoms with Gasteiger partial charge in [-0.1, -0.05) is 76.2 Å². The van der Waals surface area contributed by atoms with E-state index in [9.17, 15) is 25.9 Å². The van der Waals surface area contributed by atoms with Gasteiger partial charge in [0.2, 0.25) is 17.1 Å². The maximum Gasteiger partial charge on any atom is 1.00 e. The zero-order valence-electron chi connectivity index (χ0n) is 32.1. The molecule has 0 radical (unpaired) electrons. The zero-order chi connectivity index (χ0) is 38.8. The fraction of sp³-hybridized carbons (Fsp3) is 0.233. The molecule has 0 amide bonds. The molecule has 3 aliphatic rings. The van der Waals surface area contributed by atoms with Crippen molar-refractivity contribution in [1.82, 2.24) is 4.58 Å². The molecule has 0 unspecified atom stereocenters. The number of anilines is 2. The number of likely N-dealkylation sites (N-methyl/N-ethyl adjacent to an activating group) is 2. The van der Waals surface area contributed by atoms with Crippen molar-refractivity contribution in [1.29, 1.82) is 0 Å². The molecule has 7 rings (SSSR count). The third kappa shape index (κ3) is 7.35. The van der Waals surface area contributed by atoms with E-state index < -0.39 is 31.1 Å². The molecule has 12 heteroatoms. The molecule has 0 aromatic heterocycles. The Morgan fingerprint density at radius 3 is 1.29 bits per heavy atom. The van der Waals surface area contributed by atoms with Gasteiger partial charge < -0.3 is 18.9 Å². The summed E-state index contributed by atoms with van der Waals surface area (Å²) in [6, 6.07) is 29.5. The van der Waals surface area contributed by atoms with E-state index in [1.165, 1.54) is 24.3 Å². The van der Waals surface area contributed by atoms with E-state index in [0.29, 0.717) is 0 Å². The zero-order valence-corrected chi connectivity index (χ0v) is 35.7. The van der Waals surface area contributed by atoms with Gasteiger partial charge in [0.1, 0.15) is 20.2 Å². The number of hydrogen-bond donors (Lipinski definition) is 0. The summed E-state index contributed by atoms with van der Waals surface area (Å²) in [5, 5.41) is 0. The molecule has 0 atom stereocenters. The predicted octanol–water partition coefficient (Wildman–Crippen LogP) is 5.04. The molecule has 2 heterocycles. The molecule has 0 spiro atoms. The number of fused-ring (bicyclic) bond motifs is 2. The summed E-state index contributed by atoms with van der Waals surface area (Å²) in [4.78, 5) is 3.62. The van der Waals surface area contributed by atoms with Crippen molar-refractivity contribution in [2.45, 2.75) is 61.2 Å². The summed E-state index contributed by atoms with van der Waals surface area (Å²) in [7, 11) is -5.33. The molecule has 0 N–H and O–H groups in total. The fourth-order valence-electron chi connectivity index (χ4n) is 8.19. The van der Waals surface area contributed by atoms with Crippen LogP contribution in [0.2, 0.25) is 0 Å². The van der Waals surface area contributed by atoms with Crippen molar-refractivity contribution in [3.8, 4) is 0 Å². The molecule has 0 bridgehead atoms. The number of para-hydroxylation sites is 2. The second-order valence-electron chi connectivity index (χ2n) is 15.0. The first-order chi connectivity index (χ1) is 25.4. The first kappa shape index (κ1) is 40.6. The van der Waals surface area contributed by atoms with Crippen molar-refractivity contribution in [3.05, 3.63) is 155 Å².